The molecule has 0 spiro atoms. The highest BCUT2D eigenvalue weighted by Gasteiger charge is 2.28. The van der Waals surface area contributed by atoms with Crippen molar-refractivity contribution in [1.29, 1.82) is 0 Å². The van der Waals surface area contributed by atoms with Crippen LogP contribution in [0.3, 0.4) is 0 Å². The van der Waals surface area contributed by atoms with Crippen molar-refractivity contribution in [2.24, 2.45) is 0 Å². The summed E-state index contributed by atoms with van der Waals surface area (Å²) < 4.78 is 0. The van der Waals surface area contributed by atoms with E-state index in [0.717, 1.165) is 13.1 Å². The third-order valence-electron chi connectivity index (χ3n) is 4.03. The van der Waals surface area contributed by atoms with Crippen LogP contribution in [0.5, 0.6) is 0 Å². The van der Waals surface area contributed by atoms with Crippen LogP contribution in [0, 0.1) is 0 Å². The Hall–Kier alpha value is -1.64. The minimum absolute atomic E-state index is 0.0675. The number of nitrogens with zero attached hydrogens (tertiary/aromatic N) is 1. The molecule has 0 heterocycles. The molecule has 0 aromatic heterocycles. The first kappa shape index (κ1) is 15.7. The highest BCUT2D eigenvalue weighted by atomic mass is 16.3. The van der Waals surface area contributed by atoms with Crippen molar-refractivity contribution in [3.05, 3.63) is 71.8 Å². The summed E-state index contributed by atoms with van der Waals surface area (Å²) in [7, 11) is 0. The van der Waals surface area contributed by atoms with Crippen LogP contribution in [0.25, 0.3) is 0 Å². The molecule has 0 saturated carbocycles. The topological polar surface area (TPSA) is 23.5 Å². The molecular weight excluding hydrogens is 258 g/mol. The van der Waals surface area contributed by atoms with E-state index >= 15 is 0 Å². The lowest BCUT2D eigenvalue weighted by atomic mass is 9.97. The number of aliphatic hydroxyl groups is 1. The van der Waals surface area contributed by atoms with Gasteiger partial charge in [-0.3, -0.25) is 4.90 Å². The molecular formula is C19H25NO. The van der Waals surface area contributed by atoms with E-state index in [1.54, 1.807) is 0 Å². The van der Waals surface area contributed by atoms with Crippen molar-refractivity contribution in [2.45, 2.75) is 45.5 Å². The molecule has 1 atom stereocenters. The predicted molar refractivity (Wildman–Crippen MR) is 87.9 cm³/mol. The summed E-state index contributed by atoms with van der Waals surface area (Å²) in [6, 6.07) is 20.9. The average Bonchev–Trinajstić information content (AvgIpc) is 2.47. The molecule has 0 saturated heterocycles. The monoisotopic (exact) mass is 283 g/mol. The van der Waals surface area contributed by atoms with E-state index in [-0.39, 0.29) is 6.04 Å². The van der Waals surface area contributed by atoms with E-state index in [1.165, 1.54) is 11.1 Å². The van der Waals surface area contributed by atoms with Gasteiger partial charge in [0.25, 0.3) is 0 Å². The van der Waals surface area contributed by atoms with E-state index in [9.17, 15) is 5.11 Å². The molecule has 2 nitrogen and oxygen atoms in total. The SMILES string of the molecule is C[C@H](N(Cc1ccccc1)Cc1ccccc1)C(C)(C)O. The van der Waals surface area contributed by atoms with Crippen LogP contribution in [-0.2, 0) is 13.1 Å². The van der Waals surface area contributed by atoms with Gasteiger partial charge in [-0.15, -0.1) is 0 Å². The Kier molecular flexibility index (Phi) is 5.16. The van der Waals surface area contributed by atoms with Gasteiger partial charge in [0.15, 0.2) is 0 Å². The fourth-order valence-electron chi connectivity index (χ4n) is 2.41. The summed E-state index contributed by atoms with van der Waals surface area (Å²) >= 11 is 0. The first-order valence-electron chi connectivity index (χ1n) is 7.51. The summed E-state index contributed by atoms with van der Waals surface area (Å²) in [6.45, 7) is 7.51. The van der Waals surface area contributed by atoms with Crippen LogP contribution in [0.4, 0.5) is 0 Å². The Morgan fingerprint density at radius 2 is 1.24 bits per heavy atom. The van der Waals surface area contributed by atoms with E-state index < -0.39 is 5.60 Å². The van der Waals surface area contributed by atoms with E-state index in [2.05, 4.69) is 60.4 Å². The normalized spacial score (nSPS) is 13.4. The summed E-state index contributed by atoms with van der Waals surface area (Å²) in [6.07, 6.45) is 0. The summed E-state index contributed by atoms with van der Waals surface area (Å²) in [5, 5.41) is 10.4. The second-order valence-electron chi connectivity index (χ2n) is 6.21. The Bertz CT molecular complexity index is 489. The molecule has 112 valence electrons. The smallest absolute Gasteiger partial charge is 0.0743 e. The fourth-order valence-corrected chi connectivity index (χ4v) is 2.41. The number of benzene rings is 2. The fraction of sp³-hybridized carbons (Fsp3) is 0.368. The average molecular weight is 283 g/mol. The van der Waals surface area contributed by atoms with Gasteiger partial charge >= 0.3 is 0 Å². The standard InChI is InChI=1S/C19H25NO/c1-16(19(2,3)21)20(14-17-10-6-4-7-11-17)15-18-12-8-5-9-13-18/h4-13,16,21H,14-15H2,1-3H3/t16-/m0/s1. The Labute approximate surface area is 128 Å². The van der Waals surface area contributed by atoms with Gasteiger partial charge in [0, 0.05) is 19.1 Å². The lowest BCUT2D eigenvalue weighted by Gasteiger charge is -2.37. The highest BCUT2D eigenvalue weighted by Crippen LogP contribution is 2.20. The van der Waals surface area contributed by atoms with E-state index in [4.69, 9.17) is 0 Å². The molecule has 0 amide bonds. The Morgan fingerprint density at radius 3 is 1.57 bits per heavy atom. The van der Waals surface area contributed by atoms with E-state index in [0.29, 0.717) is 0 Å². The molecule has 2 heteroatoms. The van der Waals surface area contributed by atoms with Crippen LogP contribution in [-0.4, -0.2) is 21.6 Å². The Morgan fingerprint density at radius 1 is 0.857 bits per heavy atom. The van der Waals surface area contributed by atoms with Gasteiger partial charge in [-0.25, -0.2) is 0 Å². The molecule has 0 unspecified atom stereocenters. The van der Waals surface area contributed by atoms with Crippen LogP contribution < -0.4 is 0 Å². The molecule has 1 N–H and O–H groups in total. The molecule has 0 bridgehead atoms. The lowest BCUT2D eigenvalue weighted by molar-refractivity contribution is -0.0184. The molecule has 0 radical (unpaired) electrons. The van der Waals surface area contributed by atoms with Gasteiger partial charge < -0.3 is 5.11 Å². The highest BCUT2D eigenvalue weighted by molar-refractivity contribution is 5.17. The minimum atomic E-state index is -0.733. The summed E-state index contributed by atoms with van der Waals surface area (Å²) in [5.74, 6) is 0. The zero-order chi connectivity index (χ0) is 15.3. The first-order chi connectivity index (χ1) is 9.97. The maximum atomic E-state index is 10.4. The van der Waals surface area contributed by atoms with Crippen molar-refractivity contribution < 1.29 is 5.11 Å². The molecule has 2 rings (SSSR count). The Balaban J connectivity index is 2.18. The van der Waals surface area contributed by atoms with Crippen molar-refractivity contribution in [1.82, 2.24) is 4.90 Å². The largest absolute Gasteiger partial charge is 0.389 e. The molecule has 2 aromatic carbocycles. The lowest BCUT2D eigenvalue weighted by Crippen LogP contribution is -2.46. The van der Waals surface area contributed by atoms with Crippen molar-refractivity contribution in [2.75, 3.05) is 0 Å². The van der Waals surface area contributed by atoms with Crippen LogP contribution >= 0.6 is 0 Å². The van der Waals surface area contributed by atoms with Crippen molar-refractivity contribution in [3.63, 3.8) is 0 Å². The number of rotatable bonds is 6. The molecule has 0 aliphatic heterocycles. The molecule has 0 aliphatic rings. The first-order valence-corrected chi connectivity index (χ1v) is 7.51. The second kappa shape index (κ2) is 6.88. The van der Waals surface area contributed by atoms with Crippen LogP contribution in [0.15, 0.2) is 60.7 Å². The van der Waals surface area contributed by atoms with E-state index in [1.807, 2.05) is 26.0 Å². The number of hydrogen-bond donors (Lipinski definition) is 1. The number of hydrogen-bond acceptors (Lipinski definition) is 2. The predicted octanol–water partition coefficient (Wildman–Crippen LogP) is 3.85. The molecule has 0 fully saturated rings. The van der Waals surface area contributed by atoms with Gasteiger partial charge in [-0.2, -0.15) is 0 Å². The van der Waals surface area contributed by atoms with Crippen LogP contribution in [0.2, 0.25) is 0 Å². The molecule has 21 heavy (non-hydrogen) atoms. The maximum Gasteiger partial charge on any atom is 0.0743 e. The molecule has 0 aliphatic carbocycles. The summed E-state index contributed by atoms with van der Waals surface area (Å²) in [5.41, 5.74) is 1.80. The van der Waals surface area contributed by atoms with Gasteiger partial charge in [-0.05, 0) is 31.9 Å². The van der Waals surface area contributed by atoms with Crippen molar-refractivity contribution >= 4 is 0 Å². The third-order valence-corrected chi connectivity index (χ3v) is 4.03. The van der Waals surface area contributed by atoms with Gasteiger partial charge in [-0.1, -0.05) is 60.7 Å². The quantitative estimate of drug-likeness (QED) is 0.870. The van der Waals surface area contributed by atoms with Gasteiger partial charge in [0.2, 0.25) is 0 Å². The van der Waals surface area contributed by atoms with Crippen molar-refractivity contribution in [3.8, 4) is 0 Å². The zero-order valence-corrected chi connectivity index (χ0v) is 13.2. The summed E-state index contributed by atoms with van der Waals surface area (Å²) in [4.78, 5) is 2.32. The minimum Gasteiger partial charge on any atom is -0.389 e. The van der Waals surface area contributed by atoms with Crippen LogP contribution in [0.1, 0.15) is 31.9 Å². The maximum absolute atomic E-state index is 10.4. The van der Waals surface area contributed by atoms with Gasteiger partial charge in [0.1, 0.15) is 0 Å². The third kappa shape index (κ3) is 4.69. The zero-order valence-electron chi connectivity index (χ0n) is 13.2. The van der Waals surface area contributed by atoms with Gasteiger partial charge in [0.05, 0.1) is 5.60 Å². The second-order valence-corrected chi connectivity index (χ2v) is 6.21. The molecule has 2 aromatic rings.